The fourth-order valence-electron chi connectivity index (χ4n) is 3.70. The predicted octanol–water partition coefficient (Wildman–Crippen LogP) is 5.20. The average Bonchev–Trinajstić information content (AvgIpc) is 3.39. The van der Waals surface area contributed by atoms with Crippen molar-refractivity contribution >= 4 is 63.1 Å². The maximum absolute atomic E-state index is 12.7. The number of carbonyl (C=O) groups excluding carboxylic acids is 1. The van der Waals surface area contributed by atoms with E-state index in [-0.39, 0.29) is 11.4 Å². The van der Waals surface area contributed by atoms with Gasteiger partial charge in [0.2, 0.25) is 5.95 Å². The smallest absolute Gasteiger partial charge is 0.382 e. The van der Waals surface area contributed by atoms with E-state index >= 15 is 0 Å². The Hall–Kier alpha value is -4.03. The molecule has 184 valence electrons. The summed E-state index contributed by atoms with van der Waals surface area (Å²) in [4.78, 5) is 24.1. The van der Waals surface area contributed by atoms with Crippen molar-refractivity contribution in [1.29, 1.82) is 0 Å². The minimum absolute atomic E-state index is 0.0294. The Kier molecular flexibility index (Phi) is 5.85. The number of nitrogen functional groups attached to an aromatic ring is 1. The Labute approximate surface area is 210 Å². The number of hydrogen-bond acceptors (Lipinski definition) is 6. The molecule has 0 fully saturated rings. The third kappa shape index (κ3) is 4.60. The van der Waals surface area contributed by atoms with E-state index in [1.54, 1.807) is 36.4 Å². The minimum atomic E-state index is -4.56. The van der Waals surface area contributed by atoms with Crippen LogP contribution in [-0.4, -0.2) is 43.2 Å². The second-order valence-electron chi connectivity index (χ2n) is 7.73. The van der Waals surface area contributed by atoms with Gasteiger partial charge in [0, 0.05) is 17.4 Å². The van der Waals surface area contributed by atoms with Crippen LogP contribution in [0.1, 0.15) is 10.4 Å². The number of nitrogens with zero attached hydrogens (tertiary/aromatic N) is 4. The molecule has 0 bridgehead atoms. The van der Waals surface area contributed by atoms with E-state index in [0.29, 0.717) is 49.4 Å². The third-order valence-electron chi connectivity index (χ3n) is 5.26. The fourth-order valence-corrected chi connectivity index (χ4v) is 4.02. The lowest BCUT2D eigenvalue weighted by Crippen LogP contribution is -2.33. The number of rotatable bonds is 5. The first-order chi connectivity index (χ1) is 17.1. The summed E-state index contributed by atoms with van der Waals surface area (Å²) >= 11 is 12.1. The van der Waals surface area contributed by atoms with E-state index in [1.165, 1.54) is 17.0 Å². The molecule has 0 saturated heterocycles. The molecule has 0 aliphatic carbocycles. The van der Waals surface area contributed by atoms with Crippen LogP contribution in [0.2, 0.25) is 10.0 Å². The van der Waals surface area contributed by atoms with Crippen molar-refractivity contribution < 1.29 is 18.0 Å². The van der Waals surface area contributed by atoms with Crippen LogP contribution in [0, 0.1) is 0 Å². The molecule has 0 atom stereocenters. The number of nitrogens with one attached hydrogen (secondary N) is 3. The van der Waals surface area contributed by atoms with Gasteiger partial charge in [-0.2, -0.15) is 18.3 Å². The summed E-state index contributed by atoms with van der Waals surface area (Å²) < 4.78 is 39.3. The number of nitrogens with two attached hydrogens (primary N) is 1. The van der Waals surface area contributed by atoms with E-state index in [0.717, 1.165) is 0 Å². The van der Waals surface area contributed by atoms with Gasteiger partial charge in [-0.05, 0) is 29.8 Å². The molecule has 5 rings (SSSR count). The summed E-state index contributed by atoms with van der Waals surface area (Å²) in [6, 6.07) is 10.1. The van der Waals surface area contributed by atoms with Crippen LogP contribution in [0.4, 0.5) is 30.6 Å². The van der Waals surface area contributed by atoms with Crippen LogP contribution in [0.15, 0.2) is 48.9 Å². The standard InChI is InChI=1S/C22H15Cl2F3N8O/c23-13-5-15-16(6-14(13)24)34-21(33-15)32-11-3-1-10(2-4-11)17-12(20(36)29-8-22(25,26)27)7-35-18(17)19(28)30-9-31-35/h1-7,9H,8H2,(H,29,36)(H2,28,30,31)(H2,32,33,34). The number of carbonyl (C=O) groups is 1. The number of amides is 1. The van der Waals surface area contributed by atoms with Crippen molar-refractivity contribution in [2.24, 2.45) is 0 Å². The molecule has 0 aliphatic heterocycles. The van der Waals surface area contributed by atoms with Gasteiger partial charge in [-0.15, -0.1) is 0 Å². The van der Waals surface area contributed by atoms with Gasteiger partial charge in [0.25, 0.3) is 5.91 Å². The molecule has 2 aromatic carbocycles. The number of hydrogen-bond donors (Lipinski definition) is 4. The first-order valence-corrected chi connectivity index (χ1v) is 11.0. The second-order valence-corrected chi connectivity index (χ2v) is 8.54. The fraction of sp³-hybridized carbons (Fsp3) is 0.0909. The number of imidazole rings is 1. The molecule has 0 radical (unpaired) electrons. The summed E-state index contributed by atoms with van der Waals surface area (Å²) in [7, 11) is 0. The zero-order valence-corrected chi connectivity index (χ0v) is 19.5. The summed E-state index contributed by atoms with van der Waals surface area (Å²) in [5.41, 5.74) is 9.05. The maximum atomic E-state index is 12.7. The van der Waals surface area contributed by atoms with Gasteiger partial charge >= 0.3 is 6.18 Å². The molecule has 0 aliphatic rings. The number of aromatic nitrogens is 5. The Balaban J connectivity index is 1.48. The van der Waals surface area contributed by atoms with E-state index in [1.807, 2.05) is 5.32 Å². The summed E-state index contributed by atoms with van der Waals surface area (Å²) in [6.45, 7) is -1.48. The number of benzene rings is 2. The Morgan fingerprint density at radius 3 is 2.58 bits per heavy atom. The monoisotopic (exact) mass is 534 g/mol. The van der Waals surface area contributed by atoms with Gasteiger partial charge < -0.3 is 21.4 Å². The van der Waals surface area contributed by atoms with Crippen molar-refractivity contribution in [1.82, 2.24) is 29.9 Å². The topological polar surface area (TPSA) is 126 Å². The number of fused-ring (bicyclic) bond motifs is 2. The van der Waals surface area contributed by atoms with Gasteiger partial charge in [0.15, 0.2) is 5.82 Å². The van der Waals surface area contributed by atoms with Gasteiger partial charge in [-0.3, -0.25) is 4.79 Å². The molecule has 0 unspecified atom stereocenters. The number of alkyl halides is 3. The molecular weight excluding hydrogens is 520 g/mol. The number of aromatic amines is 1. The highest BCUT2D eigenvalue weighted by Gasteiger charge is 2.29. The van der Waals surface area contributed by atoms with E-state index < -0.39 is 18.6 Å². The van der Waals surface area contributed by atoms with Gasteiger partial charge in [-0.1, -0.05) is 35.3 Å². The summed E-state index contributed by atoms with van der Waals surface area (Å²) in [5, 5.41) is 9.80. The lowest BCUT2D eigenvalue weighted by atomic mass is 10.0. The zero-order chi connectivity index (χ0) is 25.6. The van der Waals surface area contributed by atoms with Crippen molar-refractivity contribution in [2.75, 3.05) is 17.6 Å². The Morgan fingerprint density at radius 2 is 1.86 bits per heavy atom. The lowest BCUT2D eigenvalue weighted by Gasteiger charge is -2.10. The molecule has 1 amide bonds. The van der Waals surface area contributed by atoms with E-state index in [4.69, 9.17) is 28.9 Å². The summed E-state index contributed by atoms with van der Waals surface area (Å²) in [6.07, 6.45) is -2.07. The van der Waals surface area contributed by atoms with E-state index in [9.17, 15) is 18.0 Å². The van der Waals surface area contributed by atoms with Crippen molar-refractivity contribution in [3.8, 4) is 11.1 Å². The van der Waals surface area contributed by atoms with E-state index in [2.05, 4.69) is 25.4 Å². The predicted molar refractivity (Wildman–Crippen MR) is 131 cm³/mol. The highest BCUT2D eigenvalue weighted by atomic mass is 35.5. The van der Waals surface area contributed by atoms with Crippen LogP contribution in [-0.2, 0) is 0 Å². The van der Waals surface area contributed by atoms with Gasteiger partial charge in [0.05, 0.1) is 26.6 Å². The Bertz CT molecular complexity index is 1570. The first kappa shape index (κ1) is 23.7. The largest absolute Gasteiger partial charge is 0.405 e. The second kappa shape index (κ2) is 8.88. The molecule has 9 nitrogen and oxygen atoms in total. The van der Waals surface area contributed by atoms with Crippen molar-refractivity contribution in [2.45, 2.75) is 6.18 Å². The van der Waals surface area contributed by atoms with Crippen LogP contribution in [0.5, 0.6) is 0 Å². The molecule has 0 saturated carbocycles. The Morgan fingerprint density at radius 1 is 1.14 bits per heavy atom. The first-order valence-electron chi connectivity index (χ1n) is 10.3. The molecule has 3 aromatic heterocycles. The minimum Gasteiger partial charge on any atom is -0.382 e. The maximum Gasteiger partial charge on any atom is 0.405 e. The third-order valence-corrected chi connectivity index (χ3v) is 5.98. The SMILES string of the molecule is Nc1ncnn2cc(C(=O)NCC(F)(F)F)c(-c3ccc(Nc4nc5cc(Cl)c(Cl)cc5[nH]4)cc3)c12. The van der Waals surface area contributed by atoms with Crippen LogP contribution < -0.4 is 16.4 Å². The molecule has 3 heterocycles. The quantitative estimate of drug-likeness (QED) is 0.245. The number of anilines is 3. The number of H-pyrrole nitrogens is 1. The summed E-state index contributed by atoms with van der Waals surface area (Å²) in [5.74, 6) is -0.416. The highest BCUT2D eigenvalue weighted by molar-refractivity contribution is 6.42. The molecule has 14 heteroatoms. The molecule has 0 spiro atoms. The van der Waals surface area contributed by atoms with Crippen LogP contribution >= 0.6 is 23.2 Å². The van der Waals surface area contributed by atoms with Gasteiger partial charge in [-0.25, -0.2) is 14.5 Å². The van der Waals surface area contributed by atoms with Crippen LogP contribution in [0.3, 0.4) is 0 Å². The van der Waals surface area contributed by atoms with Crippen LogP contribution in [0.25, 0.3) is 27.7 Å². The van der Waals surface area contributed by atoms with Gasteiger partial charge in [0.1, 0.15) is 18.4 Å². The molecular formula is C22H15Cl2F3N8O. The average molecular weight is 535 g/mol. The molecule has 5 N–H and O–H groups in total. The molecule has 36 heavy (non-hydrogen) atoms. The van der Waals surface area contributed by atoms with Crippen molar-refractivity contribution in [3.05, 3.63) is 64.5 Å². The van der Waals surface area contributed by atoms with Crippen molar-refractivity contribution in [3.63, 3.8) is 0 Å². The lowest BCUT2D eigenvalue weighted by molar-refractivity contribution is -0.123. The normalized spacial score (nSPS) is 11.8. The zero-order valence-electron chi connectivity index (χ0n) is 18.0. The molecule has 5 aromatic rings. The number of halogens is 5. The highest BCUT2D eigenvalue weighted by Crippen LogP contribution is 2.34.